The maximum atomic E-state index is 9.76. The van der Waals surface area contributed by atoms with E-state index in [0.717, 1.165) is 55.6 Å². The molecule has 1 atom stereocenters. The number of rotatable bonds is 12. The summed E-state index contributed by atoms with van der Waals surface area (Å²) in [6.45, 7) is 4.90. The summed E-state index contributed by atoms with van der Waals surface area (Å²) >= 11 is 6.57. The summed E-state index contributed by atoms with van der Waals surface area (Å²) in [6.07, 6.45) is 7.34. The van der Waals surface area contributed by atoms with E-state index in [1.807, 2.05) is 24.3 Å². The van der Waals surface area contributed by atoms with E-state index >= 15 is 0 Å². The van der Waals surface area contributed by atoms with E-state index < -0.39 is 5.41 Å². The van der Waals surface area contributed by atoms with Gasteiger partial charge in [0.1, 0.15) is 18.2 Å². The van der Waals surface area contributed by atoms with Crippen molar-refractivity contribution in [2.24, 2.45) is 12.5 Å². The number of anilines is 2. The maximum Gasteiger partial charge on any atom is 0.176 e. The van der Waals surface area contributed by atoms with E-state index in [9.17, 15) is 5.26 Å². The van der Waals surface area contributed by atoms with E-state index in [0.29, 0.717) is 61.7 Å². The average Bonchev–Trinajstić information content (AvgIpc) is 3.43. The first kappa shape index (κ1) is 30.1. The molecule has 0 bridgehead atoms. The Kier molecular flexibility index (Phi) is 10.2. The van der Waals surface area contributed by atoms with Crippen LogP contribution in [0.1, 0.15) is 51.3 Å². The normalized spacial score (nSPS) is 20.9. The van der Waals surface area contributed by atoms with Crippen molar-refractivity contribution in [2.45, 2.75) is 70.2 Å². The van der Waals surface area contributed by atoms with Gasteiger partial charge in [-0.15, -0.1) is 5.10 Å². The van der Waals surface area contributed by atoms with E-state index in [1.165, 1.54) is 0 Å². The predicted molar refractivity (Wildman–Crippen MR) is 160 cm³/mol. The molecule has 13 heteroatoms. The Hall–Kier alpha value is -3.37. The monoisotopic (exact) mass is 594 g/mol. The highest BCUT2D eigenvalue weighted by Gasteiger charge is 2.32. The highest BCUT2D eigenvalue weighted by Crippen LogP contribution is 2.32. The van der Waals surface area contributed by atoms with Crippen LogP contribution in [0, 0.1) is 16.7 Å². The largest absolute Gasteiger partial charge is 0.381 e. The van der Waals surface area contributed by atoms with E-state index in [2.05, 4.69) is 49.5 Å². The van der Waals surface area contributed by atoms with Crippen molar-refractivity contribution in [1.29, 1.82) is 5.26 Å². The lowest BCUT2D eigenvalue weighted by atomic mass is 9.82. The number of ether oxygens (including phenoxy) is 2. The molecule has 2 fully saturated rings. The summed E-state index contributed by atoms with van der Waals surface area (Å²) in [5, 5.41) is 32.4. The minimum Gasteiger partial charge on any atom is -0.381 e. The quantitative estimate of drug-likeness (QED) is 0.280. The molecule has 0 amide bonds. The number of aromatic nitrogens is 6. The zero-order valence-corrected chi connectivity index (χ0v) is 25.0. The van der Waals surface area contributed by atoms with Gasteiger partial charge in [0.05, 0.1) is 28.8 Å². The molecule has 12 nitrogen and oxygen atoms in total. The van der Waals surface area contributed by atoms with Gasteiger partial charge >= 0.3 is 0 Å². The van der Waals surface area contributed by atoms with Crippen molar-refractivity contribution in [3.8, 4) is 17.3 Å². The lowest BCUT2D eigenvalue weighted by Gasteiger charge is -2.32. The van der Waals surface area contributed by atoms with E-state index in [4.69, 9.17) is 26.1 Å². The highest BCUT2D eigenvalue weighted by molar-refractivity contribution is 6.33. The van der Waals surface area contributed by atoms with Crippen LogP contribution >= 0.6 is 11.6 Å². The molecule has 0 radical (unpaired) electrons. The number of hydrogen-bond acceptors (Lipinski definition) is 11. The third-order valence-electron chi connectivity index (χ3n) is 8.08. The molecule has 1 unspecified atom stereocenters. The fraction of sp³-hybridized carbons (Fsp3) is 0.586. The summed E-state index contributed by atoms with van der Waals surface area (Å²) in [6, 6.07) is 11.3. The molecule has 5 rings (SSSR count). The molecule has 3 aromatic rings. The van der Waals surface area contributed by atoms with Gasteiger partial charge in [-0.3, -0.25) is 0 Å². The minimum atomic E-state index is -0.433. The fourth-order valence-electron chi connectivity index (χ4n) is 5.51. The number of halogens is 1. The second-order valence-corrected chi connectivity index (χ2v) is 11.7. The van der Waals surface area contributed by atoms with Gasteiger partial charge in [0.25, 0.3) is 0 Å². The maximum absolute atomic E-state index is 9.76. The van der Waals surface area contributed by atoms with E-state index in [1.54, 1.807) is 17.9 Å². The van der Waals surface area contributed by atoms with Crippen LogP contribution in [0.3, 0.4) is 0 Å². The van der Waals surface area contributed by atoms with Crippen molar-refractivity contribution in [3.05, 3.63) is 41.3 Å². The van der Waals surface area contributed by atoms with Crippen LogP contribution in [0.4, 0.5) is 11.6 Å². The molecule has 3 N–H and O–H groups in total. The standard InChI is InChI=1S/C29H39ClN10O2/c1-20(16-42-17-28-37-38-39-40(28)2)34-21-6-8-22(9-7-21)35-27-14-23(24(30)15-32-27)25-4-3-5-26(36-25)33-19-29(18-31)10-12-41-13-11-29/h3-5,14-15,20-22,34H,6-13,16-17,19H2,1-2H3,(H,32,35)(H,33,36). The molecule has 3 aromatic heterocycles. The van der Waals surface area contributed by atoms with Gasteiger partial charge in [-0.2, -0.15) is 5.26 Å². The molecule has 42 heavy (non-hydrogen) atoms. The third kappa shape index (κ3) is 7.92. The van der Waals surface area contributed by atoms with Crippen LogP contribution in [-0.4, -0.2) is 74.7 Å². The Bertz CT molecular complexity index is 1350. The van der Waals surface area contributed by atoms with Crippen LogP contribution in [0.25, 0.3) is 11.3 Å². The van der Waals surface area contributed by atoms with Gasteiger partial charge in [0.15, 0.2) is 5.82 Å². The number of hydrogen-bond donors (Lipinski definition) is 3. The smallest absolute Gasteiger partial charge is 0.176 e. The first-order chi connectivity index (χ1) is 20.4. The molecule has 1 aliphatic heterocycles. The topological polar surface area (TPSA) is 148 Å². The Morgan fingerprint density at radius 1 is 1.19 bits per heavy atom. The summed E-state index contributed by atoms with van der Waals surface area (Å²) in [7, 11) is 1.81. The van der Waals surface area contributed by atoms with Crippen LogP contribution in [0.5, 0.6) is 0 Å². The van der Waals surface area contributed by atoms with Crippen LogP contribution < -0.4 is 16.0 Å². The van der Waals surface area contributed by atoms with Gasteiger partial charge in [-0.25, -0.2) is 14.6 Å². The number of aryl methyl sites for hydroxylation is 1. The van der Waals surface area contributed by atoms with Crippen molar-refractivity contribution >= 4 is 23.2 Å². The molecular formula is C29H39ClN10O2. The Morgan fingerprint density at radius 3 is 2.71 bits per heavy atom. The highest BCUT2D eigenvalue weighted by atomic mass is 35.5. The Balaban J connectivity index is 1.11. The fourth-order valence-corrected chi connectivity index (χ4v) is 5.71. The average molecular weight is 595 g/mol. The SMILES string of the molecule is CC(COCc1nnnn1C)NC1CCC(Nc2cc(-c3cccc(NCC4(C#N)CCOCC4)n3)c(Cl)cn2)CC1. The molecule has 224 valence electrons. The first-order valence-electron chi connectivity index (χ1n) is 14.6. The molecule has 2 aliphatic rings. The van der Waals surface area contributed by atoms with Crippen molar-refractivity contribution in [3.63, 3.8) is 0 Å². The number of nitrogens with one attached hydrogen (secondary N) is 3. The second-order valence-electron chi connectivity index (χ2n) is 11.3. The summed E-state index contributed by atoms with van der Waals surface area (Å²) in [4.78, 5) is 9.34. The second kappa shape index (κ2) is 14.2. The zero-order chi connectivity index (χ0) is 29.4. The third-order valence-corrected chi connectivity index (χ3v) is 8.38. The molecule has 0 spiro atoms. The molecule has 1 saturated carbocycles. The van der Waals surface area contributed by atoms with Gasteiger partial charge in [0, 0.05) is 56.7 Å². The zero-order valence-electron chi connectivity index (χ0n) is 24.2. The first-order valence-corrected chi connectivity index (χ1v) is 15.0. The molecule has 1 aliphatic carbocycles. The molecule has 4 heterocycles. The summed E-state index contributed by atoms with van der Waals surface area (Å²) in [5.41, 5.74) is 1.14. The van der Waals surface area contributed by atoms with Crippen molar-refractivity contribution in [2.75, 3.05) is 37.0 Å². The predicted octanol–water partition coefficient (Wildman–Crippen LogP) is 3.97. The number of pyridine rings is 2. The number of nitriles is 1. The van der Waals surface area contributed by atoms with Crippen molar-refractivity contribution < 1.29 is 9.47 Å². The molecular weight excluding hydrogens is 556 g/mol. The summed E-state index contributed by atoms with van der Waals surface area (Å²) in [5.74, 6) is 2.22. The Morgan fingerprint density at radius 2 is 1.98 bits per heavy atom. The molecule has 1 saturated heterocycles. The molecule has 0 aromatic carbocycles. The lowest BCUT2D eigenvalue weighted by Crippen LogP contribution is -2.43. The van der Waals surface area contributed by atoms with Gasteiger partial charge in [0.2, 0.25) is 0 Å². The van der Waals surface area contributed by atoms with Crippen LogP contribution in [0.2, 0.25) is 5.02 Å². The lowest BCUT2D eigenvalue weighted by molar-refractivity contribution is 0.0455. The van der Waals surface area contributed by atoms with Gasteiger partial charge in [-0.05, 0) is 74.1 Å². The number of nitrogens with zero attached hydrogens (tertiary/aromatic N) is 7. The van der Waals surface area contributed by atoms with Gasteiger partial charge in [-0.1, -0.05) is 17.7 Å². The van der Waals surface area contributed by atoms with Crippen molar-refractivity contribution in [1.82, 2.24) is 35.5 Å². The number of tetrazole rings is 1. The van der Waals surface area contributed by atoms with E-state index in [-0.39, 0.29) is 6.04 Å². The van der Waals surface area contributed by atoms with Crippen LogP contribution in [-0.2, 0) is 23.1 Å². The minimum absolute atomic E-state index is 0.237. The Labute approximate surface area is 251 Å². The van der Waals surface area contributed by atoms with Gasteiger partial charge < -0.3 is 25.4 Å². The van der Waals surface area contributed by atoms with Crippen LogP contribution in [0.15, 0.2) is 30.5 Å². The summed E-state index contributed by atoms with van der Waals surface area (Å²) < 4.78 is 12.9.